The zero-order chi connectivity index (χ0) is 13.8. The van der Waals surface area contributed by atoms with Crippen LogP contribution in [0.25, 0.3) is 11.3 Å². The zero-order valence-electron chi connectivity index (χ0n) is 11.2. The van der Waals surface area contributed by atoms with E-state index >= 15 is 0 Å². The quantitative estimate of drug-likeness (QED) is 0.914. The third-order valence-electron chi connectivity index (χ3n) is 2.62. The molecule has 1 aromatic carbocycles. The van der Waals surface area contributed by atoms with E-state index in [0.29, 0.717) is 5.82 Å². The molecule has 1 heterocycles. The molecule has 1 amide bonds. The van der Waals surface area contributed by atoms with Crippen LogP contribution in [-0.2, 0) is 4.79 Å². The van der Waals surface area contributed by atoms with E-state index in [9.17, 15) is 4.79 Å². The fourth-order valence-electron chi connectivity index (χ4n) is 1.79. The Morgan fingerprint density at radius 1 is 1.16 bits per heavy atom. The lowest BCUT2D eigenvalue weighted by Crippen LogP contribution is -2.10. The Morgan fingerprint density at radius 3 is 2.47 bits per heavy atom. The van der Waals surface area contributed by atoms with Gasteiger partial charge < -0.3 is 10.2 Å². The summed E-state index contributed by atoms with van der Waals surface area (Å²) in [6.07, 6.45) is 3.22. The van der Waals surface area contributed by atoms with Crippen LogP contribution in [-0.4, -0.2) is 30.0 Å². The van der Waals surface area contributed by atoms with Crippen molar-refractivity contribution < 1.29 is 4.79 Å². The Hall–Kier alpha value is -2.43. The maximum Gasteiger partial charge on any atom is 0.222 e. The summed E-state index contributed by atoms with van der Waals surface area (Å²) in [4.78, 5) is 21.5. The highest BCUT2D eigenvalue weighted by Crippen LogP contribution is 2.27. The van der Waals surface area contributed by atoms with Gasteiger partial charge >= 0.3 is 0 Å². The number of benzene rings is 1. The van der Waals surface area contributed by atoms with Crippen LogP contribution >= 0.6 is 0 Å². The molecule has 1 N–H and O–H groups in total. The first-order chi connectivity index (χ1) is 9.08. The van der Waals surface area contributed by atoms with Crippen LogP contribution in [0.3, 0.4) is 0 Å². The molecule has 5 heteroatoms. The van der Waals surface area contributed by atoms with E-state index < -0.39 is 0 Å². The van der Waals surface area contributed by atoms with Crippen LogP contribution in [0, 0.1) is 0 Å². The van der Waals surface area contributed by atoms with Crippen molar-refractivity contribution in [2.75, 3.05) is 24.3 Å². The summed E-state index contributed by atoms with van der Waals surface area (Å²) < 4.78 is 0. The van der Waals surface area contributed by atoms with E-state index in [2.05, 4.69) is 15.3 Å². The topological polar surface area (TPSA) is 58.1 Å². The average Bonchev–Trinajstić information content (AvgIpc) is 2.39. The number of carbonyl (C=O) groups excluding carboxylic acids is 1. The first kappa shape index (κ1) is 13.0. The first-order valence-electron chi connectivity index (χ1n) is 5.94. The molecular weight excluding hydrogens is 240 g/mol. The number of amides is 1. The van der Waals surface area contributed by atoms with Gasteiger partial charge in [0.05, 0.1) is 18.1 Å². The SMILES string of the molecule is CC(=O)Nc1cnc(-c2ccccc2N(C)C)cn1. The van der Waals surface area contributed by atoms with Crippen LogP contribution in [0.15, 0.2) is 36.7 Å². The van der Waals surface area contributed by atoms with Crippen LogP contribution in [0.5, 0.6) is 0 Å². The standard InChI is InChI=1S/C14H16N4O/c1-10(19)17-14-9-15-12(8-16-14)11-6-4-5-7-13(11)18(2)3/h4-9H,1-3H3,(H,16,17,19). The van der Waals surface area contributed by atoms with Crippen molar-refractivity contribution in [1.82, 2.24) is 9.97 Å². The van der Waals surface area contributed by atoms with Crippen molar-refractivity contribution in [3.8, 4) is 11.3 Å². The molecule has 0 bridgehead atoms. The molecule has 98 valence electrons. The normalized spacial score (nSPS) is 10.1. The number of aromatic nitrogens is 2. The van der Waals surface area contributed by atoms with Gasteiger partial charge in [-0.15, -0.1) is 0 Å². The largest absolute Gasteiger partial charge is 0.377 e. The van der Waals surface area contributed by atoms with Gasteiger partial charge in [0.15, 0.2) is 5.82 Å². The summed E-state index contributed by atoms with van der Waals surface area (Å²) in [5, 5.41) is 2.60. The van der Waals surface area contributed by atoms with Crippen LogP contribution < -0.4 is 10.2 Å². The second-order valence-corrected chi connectivity index (χ2v) is 4.38. The van der Waals surface area contributed by atoms with Crippen molar-refractivity contribution in [1.29, 1.82) is 0 Å². The number of hydrogen-bond donors (Lipinski definition) is 1. The van der Waals surface area contributed by atoms with Gasteiger partial charge in [0.2, 0.25) is 5.91 Å². The van der Waals surface area contributed by atoms with Crippen molar-refractivity contribution >= 4 is 17.4 Å². The summed E-state index contributed by atoms with van der Waals surface area (Å²) >= 11 is 0. The molecule has 0 spiro atoms. The summed E-state index contributed by atoms with van der Waals surface area (Å²) in [6.45, 7) is 1.44. The molecule has 0 aliphatic heterocycles. The van der Waals surface area contributed by atoms with Crippen molar-refractivity contribution in [3.05, 3.63) is 36.7 Å². The fourth-order valence-corrected chi connectivity index (χ4v) is 1.79. The molecule has 0 saturated heterocycles. The number of para-hydroxylation sites is 1. The van der Waals surface area contributed by atoms with Gasteiger partial charge in [-0.1, -0.05) is 18.2 Å². The summed E-state index contributed by atoms with van der Waals surface area (Å²) in [7, 11) is 3.97. The molecule has 0 fully saturated rings. The van der Waals surface area contributed by atoms with E-state index in [1.807, 2.05) is 43.3 Å². The number of nitrogens with one attached hydrogen (secondary N) is 1. The molecule has 0 saturated carbocycles. The molecular formula is C14H16N4O. The highest BCUT2D eigenvalue weighted by Gasteiger charge is 2.08. The lowest BCUT2D eigenvalue weighted by atomic mass is 10.1. The van der Waals surface area contributed by atoms with Gasteiger partial charge in [-0.25, -0.2) is 4.98 Å². The molecule has 0 unspecified atom stereocenters. The molecule has 0 aliphatic rings. The third kappa shape index (κ3) is 3.07. The smallest absolute Gasteiger partial charge is 0.222 e. The van der Waals surface area contributed by atoms with Crippen LogP contribution in [0.4, 0.5) is 11.5 Å². The highest BCUT2D eigenvalue weighted by atomic mass is 16.1. The van der Waals surface area contributed by atoms with E-state index in [-0.39, 0.29) is 5.91 Å². The van der Waals surface area contributed by atoms with E-state index in [1.54, 1.807) is 12.4 Å². The van der Waals surface area contributed by atoms with Crippen LogP contribution in [0.2, 0.25) is 0 Å². The van der Waals surface area contributed by atoms with Crippen molar-refractivity contribution in [2.45, 2.75) is 6.92 Å². The Balaban J connectivity index is 2.35. The summed E-state index contributed by atoms with van der Waals surface area (Å²) in [5.41, 5.74) is 2.86. The van der Waals surface area contributed by atoms with E-state index in [0.717, 1.165) is 16.9 Å². The van der Waals surface area contributed by atoms with Gasteiger partial charge in [0, 0.05) is 32.3 Å². The van der Waals surface area contributed by atoms with Gasteiger partial charge in [-0.3, -0.25) is 9.78 Å². The Kier molecular flexibility index (Phi) is 3.75. The van der Waals surface area contributed by atoms with Gasteiger partial charge in [0.25, 0.3) is 0 Å². The Morgan fingerprint density at radius 2 is 1.89 bits per heavy atom. The molecule has 2 rings (SSSR count). The molecule has 0 aliphatic carbocycles. The molecule has 2 aromatic rings. The second-order valence-electron chi connectivity index (χ2n) is 4.38. The van der Waals surface area contributed by atoms with Gasteiger partial charge in [-0.05, 0) is 6.07 Å². The molecule has 0 atom stereocenters. The third-order valence-corrected chi connectivity index (χ3v) is 2.62. The highest BCUT2D eigenvalue weighted by molar-refractivity contribution is 5.87. The van der Waals surface area contributed by atoms with Crippen molar-refractivity contribution in [3.63, 3.8) is 0 Å². The maximum atomic E-state index is 10.9. The molecule has 5 nitrogen and oxygen atoms in total. The van der Waals surface area contributed by atoms with Gasteiger partial charge in [-0.2, -0.15) is 0 Å². The average molecular weight is 256 g/mol. The summed E-state index contributed by atoms with van der Waals surface area (Å²) in [6, 6.07) is 7.97. The lowest BCUT2D eigenvalue weighted by Gasteiger charge is -2.16. The predicted molar refractivity (Wildman–Crippen MR) is 76.1 cm³/mol. The monoisotopic (exact) mass is 256 g/mol. The number of nitrogens with zero attached hydrogens (tertiary/aromatic N) is 3. The van der Waals surface area contributed by atoms with Crippen LogP contribution in [0.1, 0.15) is 6.92 Å². The Bertz CT molecular complexity index is 578. The molecule has 0 radical (unpaired) electrons. The second kappa shape index (κ2) is 5.48. The first-order valence-corrected chi connectivity index (χ1v) is 5.94. The Labute approximate surface area is 112 Å². The predicted octanol–water partition coefficient (Wildman–Crippen LogP) is 2.17. The van der Waals surface area contributed by atoms with E-state index in [4.69, 9.17) is 0 Å². The zero-order valence-corrected chi connectivity index (χ0v) is 11.2. The number of carbonyl (C=O) groups is 1. The number of anilines is 2. The van der Waals surface area contributed by atoms with Gasteiger partial charge in [0.1, 0.15) is 0 Å². The molecule has 1 aromatic heterocycles. The minimum atomic E-state index is -0.157. The number of hydrogen-bond acceptors (Lipinski definition) is 4. The minimum Gasteiger partial charge on any atom is -0.377 e. The molecule has 19 heavy (non-hydrogen) atoms. The van der Waals surface area contributed by atoms with E-state index in [1.165, 1.54) is 6.92 Å². The lowest BCUT2D eigenvalue weighted by molar-refractivity contribution is -0.114. The minimum absolute atomic E-state index is 0.157. The number of rotatable bonds is 3. The maximum absolute atomic E-state index is 10.9. The fraction of sp³-hybridized carbons (Fsp3) is 0.214. The summed E-state index contributed by atoms with van der Waals surface area (Å²) in [5.74, 6) is 0.300. The van der Waals surface area contributed by atoms with Crippen molar-refractivity contribution in [2.24, 2.45) is 0 Å².